The molecule has 0 amide bonds. The van der Waals surface area contributed by atoms with E-state index in [-0.39, 0.29) is 5.56 Å². The SMILES string of the molecule is O=c1[nH]c(CC2CCCCN2)nc2c1COC2. The van der Waals surface area contributed by atoms with Crippen LogP contribution in [0.4, 0.5) is 0 Å². The van der Waals surface area contributed by atoms with Crippen molar-refractivity contribution < 1.29 is 4.74 Å². The number of ether oxygens (including phenoxy) is 1. The van der Waals surface area contributed by atoms with Crippen molar-refractivity contribution in [2.24, 2.45) is 0 Å². The van der Waals surface area contributed by atoms with Crippen LogP contribution in [-0.2, 0) is 24.4 Å². The standard InChI is InChI=1S/C12H17N3O2/c16-12-9-6-17-7-10(9)14-11(15-12)5-8-3-1-2-4-13-8/h8,13H,1-7H2,(H,14,15,16). The van der Waals surface area contributed by atoms with Crippen molar-refractivity contribution in [2.75, 3.05) is 6.54 Å². The summed E-state index contributed by atoms with van der Waals surface area (Å²) in [6.07, 6.45) is 4.48. The predicted octanol–water partition coefficient (Wildman–Crippen LogP) is 0.485. The highest BCUT2D eigenvalue weighted by Gasteiger charge is 2.20. The summed E-state index contributed by atoms with van der Waals surface area (Å²) in [5.41, 5.74) is 1.49. The average molecular weight is 235 g/mol. The monoisotopic (exact) mass is 235 g/mol. The molecule has 1 unspecified atom stereocenters. The van der Waals surface area contributed by atoms with Crippen molar-refractivity contribution >= 4 is 0 Å². The lowest BCUT2D eigenvalue weighted by molar-refractivity contribution is 0.132. The van der Waals surface area contributed by atoms with Crippen LogP contribution in [0.3, 0.4) is 0 Å². The molecule has 5 nitrogen and oxygen atoms in total. The zero-order valence-electron chi connectivity index (χ0n) is 9.79. The highest BCUT2D eigenvalue weighted by atomic mass is 16.5. The van der Waals surface area contributed by atoms with E-state index in [1.165, 1.54) is 12.8 Å². The first-order valence-electron chi connectivity index (χ1n) is 6.25. The lowest BCUT2D eigenvalue weighted by atomic mass is 10.0. The lowest BCUT2D eigenvalue weighted by Gasteiger charge is -2.22. The number of nitrogens with one attached hydrogen (secondary N) is 2. The molecular formula is C12H17N3O2. The molecule has 92 valence electrons. The van der Waals surface area contributed by atoms with Crippen molar-refractivity contribution in [1.29, 1.82) is 0 Å². The summed E-state index contributed by atoms with van der Waals surface area (Å²) in [5.74, 6) is 0.790. The number of hydrogen-bond donors (Lipinski definition) is 2. The van der Waals surface area contributed by atoms with Gasteiger partial charge >= 0.3 is 0 Å². The van der Waals surface area contributed by atoms with Crippen LogP contribution in [0.5, 0.6) is 0 Å². The Morgan fingerprint density at radius 2 is 2.29 bits per heavy atom. The third kappa shape index (κ3) is 2.25. The molecular weight excluding hydrogens is 218 g/mol. The van der Waals surface area contributed by atoms with Gasteiger partial charge in [0.25, 0.3) is 5.56 Å². The summed E-state index contributed by atoms with van der Waals surface area (Å²) in [4.78, 5) is 19.1. The van der Waals surface area contributed by atoms with Crippen molar-refractivity contribution in [1.82, 2.24) is 15.3 Å². The van der Waals surface area contributed by atoms with Crippen LogP contribution in [0.15, 0.2) is 4.79 Å². The molecule has 2 aliphatic rings. The Balaban J connectivity index is 1.79. The van der Waals surface area contributed by atoms with Gasteiger partial charge in [-0.25, -0.2) is 4.98 Å². The number of aromatic amines is 1. The molecule has 17 heavy (non-hydrogen) atoms. The Bertz CT molecular complexity index is 463. The molecule has 0 aliphatic carbocycles. The van der Waals surface area contributed by atoms with Gasteiger partial charge in [-0.15, -0.1) is 0 Å². The first-order chi connectivity index (χ1) is 8.33. The molecule has 1 atom stereocenters. The van der Waals surface area contributed by atoms with Crippen molar-refractivity contribution in [3.05, 3.63) is 27.4 Å². The third-order valence-corrected chi connectivity index (χ3v) is 3.49. The fourth-order valence-electron chi connectivity index (χ4n) is 2.54. The summed E-state index contributed by atoms with van der Waals surface area (Å²) in [6.45, 7) is 1.95. The van der Waals surface area contributed by atoms with E-state index in [9.17, 15) is 4.79 Å². The maximum absolute atomic E-state index is 11.8. The number of aromatic nitrogens is 2. The maximum atomic E-state index is 11.8. The molecule has 3 heterocycles. The predicted molar refractivity (Wildman–Crippen MR) is 62.7 cm³/mol. The van der Waals surface area contributed by atoms with Gasteiger partial charge in [-0.05, 0) is 19.4 Å². The summed E-state index contributed by atoms with van der Waals surface area (Å²) < 4.78 is 5.24. The van der Waals surface area contributed by atoms with E-state index in [2.05, 4.69) is 15.3 Å². The second-order valence-corrected chi connectivity index (χ2v) is 4.78. The van der Waals surface area contributed by atoms with Crippen LogP contribution in [0.25, 0.3) is 0 Å². The molecule has 0 bridgehead atoms. The van der Waals surface area contributed by atoms with Gasteiger partial charge in [0.1, 0.15) is 5.82 Å². The molecule has 0 spiro atoms. The number of piperidine rings is 1. The topological polar surface area (TPSA) is 67.0 Å². The quantitative estimate of drug-likeness (QED) is 0.782. The second-order valence-electron chi connectivity index (χ2n) is 4.78. The number of H-pyrrole nitrogens is 1. The minimum absolute atomic E-state index is 0.0293. The molecule has 2 N–H and O–H groups in total. The van der Waals surface area contributed by atoms with E-state index in [1.807, 2.05) is 0 Å². The van der Waals surface area contributed by atoms with Gasteiger partial charge < -0.3 is 15.0 Å². The van der Waals surface area contributed by atoms with E-state index in [4.69, 9.17) is 4.74 Å². The first kappa shape index (κ1) is 10.9. The van der Waals surface area contributed by atoms with Gasteiger partial charge in [0.2, 0.25) is 0 Å². The zero-order chi connectivity index (χ0) is 11.7. The van der Waals surface area contributed by atoms with E-state index >= 15 is 0 Å². The largest absolute Gasteiger partial charge is 0.370 e. The smallest absolute Gasteiger partial charge is 0.256 e. The lowest BCUT2D eigenvalue weighted by Crippen LogP contribution is -2.36. The third-order valence-electron chi connectivity index (χ3n) is 3.49. The van der Waals surface area contributed by atoms with E-state index < -0.39 is 0 Å². The zero-order valence-corrected chi connectivity index (χ0v) is 9.79. The molecule has 1 aromatic rings. The molecule has 1 saturated heterocycles. The van der Waals surface area contributed by atoms with Crippen LogP contribution in [0.1, 0.15) is 36.3 Å². The van der Waals surface area contributed by atoms with Crippen LogP contribution >= 0.6 is 0 Å². The van der Waals surface area contributed by atoms with Crippen molar-refractivity contribution in [3.8, 4) is 0 Å². The number of rotatable bonds is 2. The Labute approximate surface area is 99.6 Å². The first-order valence-corrected chi connectivity index (χ1v) is 6.25. The summed E-state index contributed by atoms with van der Waals surface area (Å²) >= 11 is 0. The number of nitrogens with zero attached hydrogens (tertiary/aromatic N) is 1. The summed E-state index contributed by atoms with van der Waals surface area (Å²) in [5, 5.41) is 3.46. The van der Waals surface area contributed by atoms with Crippen LogP contribution in [0.2, 0.25) is 0 Å². The molecule has 1 aromatic heterocycles. The second kappa shape index (κ2) is 4.58. The van der Waals surface area contributed by atoms with Gasteiger partial charge in [-0.3, -0.25) is 4.79 Å². The minimum Gasteiger partial charge on any atom is -0.370 e. The highest BCUT2D eigenvalue weighted by molar-refractivity contribution is 5.19. The molecule has 1 fully saturated rings. The van der Waals surface area contributed by atoms with E-state index in [0.717, 1.165) is 30.9 Å². The summed E-state index contributed by atoms with van der Waals surface area (Å²) in [6, 6.07) is 0.451. The fraction of sp³-hybridized carbons (Fsp3) is 0.667. The average Bonchev–Trinajstić information content (AvgIpc) is 2.79. The minimum atomic E-state index is -0.0293. The molecule has 0 aromatic carbocycles. The Hall–Kier alpha value is -1.20. The molecule has 5 heteroatoms. The van der Waals surface area contributed by atoms with Gasteiger partial charge in [-0.1, -0.05) is 6.42 Å². The molecule has 3 rings (SSSR count). The molecule has 0 radical (unpaired) electrons. The summed E-state index contributed by atoms with van der Waals surface area (Å²) in [7, 11) is 0. The Morgan fingerprint density at radius 1 is 1.35 bits per heavy atom. The van der Waals surface area contributed by atoms with Gasteiger partial charge in [0.05, 0.1) is 24.5 Å². The molecule has 2 aliphatic heterocycles. The van der Waals surface area contributed by atoms with E-state index in [0.29, 0.717) is 24.8 Å². The van der Waals surface area contributed by atoms with Crippen LogP contribution < -0.4 is 10.9 Å². The van der Waals surface area contributed by atoms with Gasteiger partial charge in [0.15, 0.2) is 0 Å². The normalized spacial score (nSPS) is 23.6. The Morgan fingerprint density at radius 3 is 3.12 bits per heavy atom. The van der Waals surface area contributed by atoms with Gasteiger partial charge in [0, 0.05) is 12.5 Å². The number of hydrogen-bond acceptors (Lipinski definition) is 4. The maximum Gasteiger partial charge on any atom is 0.256 e. The fourth-order valence-corrected chi connectivity index (χ4v) is 2.54. The Kier molecular flexibility index (Phi) is 2.94. The van der Waals surface area contributed by atoms with Crippen molar-refractivity contribution in [2.45, 2.75) is 44.9 Å². The van der Waals surface area contributed by atoms with Crippen LogP contribution in [0, 0.1) is 0 Å². The van der Waals surface area contributed by atoms with Gasteiger partial charge in [-0.2, -0.15) is 0 Å². The number of fused-ring (bicyclic) bond motifs is 1. The van der Waals surface area contributed by atoms with Crippen LogP contribution in [-0.4, -0.2) is 22.6 Å². The van der Waals surface area contributed by atoms with E-state index in [1.54, 1.807) is 0 Å². The highest BCUT2D eigenvalue weighted by Crippen LogP contribution is 2.15. The van der Waals surface area contributed by atoms with Crippen molar-refractivity contribution in [3.63, 3.8) is 0 Å². The molecule has 0 saturated carbocycles.